The Kier molecular flexibility index (Phi) is 4.56. The lowest BCUT2D eigenvalue weighted by Crippen LogP contribution is -2.45. The maximum atomic E-state index is 12.7. The van der Waals surface area contributed by atoms with Gasteiger partial charge in [0.1, 0.15) is 11.4 Å². The largest absolute Gasteiger partial charge is 0.494 e. The molecule has 1 aromatic rings. The van der Waals surface area contributed by atoms with Crippen LogP contribution in [0.3, 0.4) is 0 Å². The van der Waals surface area contributed by atoms with Gasteiger partial charge in [-0.05, 0) is 19.1 Å². The molecule has 0 unspecified atom stereocenters. The highest BCUT2D eigenvalue weighted by Gasteiger charge is 2.40. The van der Waals surface area contributed by atoms with Gasteiger partial charge in [0.15, 0.2) is 5.78 Å². The number of ketones is 1. The second kappa shape index (κ2) is 6.17. The van der Waals surface area contributed by atoms with Crippen molar-refractivity contribution in [2.45, 2.75) is 25.4 Å². The number of hydrogen-bond donors (Lipinski definition) is 0. The summed E-state index contributed by atoms with van der Waals surface area (Å²) < 4.78 is 16.3. The van der Waals surface area contributed by atoms with Crippen molar-refractivity contribution in [3.05, 3.63) is 29.8 Å². The highest BCUT2D eigenvalue weighted by molar-refractivity contribution is 6.02. The topological polar surface area (TPSA) is 44.8 Å². The van der Waals surface area contributed by atoms with Crippen LogP contribution in [0.5, 0.6) is 5.75 Å². The average molecular weight is 264 g/mol. The maximum absolute atomic E-state index is 12.7. The average Bonchev–Trinajstić information content (AvgIpc) is 2.48. The van der Waals surface area contributed by atoms with Gasteiger partial charge >= 0.3 is 0 Å². The van der Waals surface area contributed by atoms with E-state index in [-0.39, 0.29) is 5.78 Å². The van der Waals surface area contributed by atoms with Crippen LogP contribution in [0.1, 0.15) is 30.1 Å². The third-order valence-electron chi connectivity index (χ3n) is 3.51. The van der Waals surface area contributed by atoms with Gasteiger partial charge in [-0.15, -0.1) is 0 Å². The van der Waals surface area contributed by atoms with Gasteiger partial charge in [-0.3, -0.25) is 4.79 Å². The van der Waals surface area contributed by atoms with Crippen LogP contribution in [0.4, 0.5) is 0 Å². The van der Waals surface area contributed by atoms with Gasteiger partial charge in [-0.1, -0.05) is 12.1 Å². The molecule has 104 valence electrons. The van der Waals surface area contributed by atoms with Gasteiger partial charge in [-0.2, -0.15) is 0 Å². The number of methoxy groups -OCH3 is 1. The van der Waals surface area contributed by atoms with Gasteiger partial charge in [0.05, 0.1) is 6.61 Å². The zero-order valence-electron chi connectivity index (χ0n) is 11.5. The Morgan fingerprint density at radius 1 is 1.37 bits per heavy atom. The Bertz CT molecular complexity index is 436. The molecule has 1 heterocycles. The third-order valence-corrected chi connectivity index (χ3v) is 3.51. The van der Waals surface area contributed by atoms with Crippen LogP contribution >= 0.6 is 0 Å². The van der Waals surface area contributed by atoms with Crippen LogP contribution in [-0.2, 0) is 9.47 Å². The molecule has 0 bridgehead atoms. The fourth-order valence-corrected chi connectivity index (χ4v) is 2.38. The molecular formula is C15H20O4. The smallest absolute Gasteiger partial charge is 0.194 e. The number of ether oxygens (including phenoxy) is 3. The summed E-state index contributed by atoms with van der Waals surface area (Å²) in [7, 11) is 1.59. The summed E-state index contributed by atoms with van der Waals surface area (Å²) in [6.45, 7) is 3.62. The zero-order chi connectivity index (χ0) is 13.7. The van der Waals surface area contributed by atoms with Crippen molar-refractivity contribution < 1.29 is 19.0 Å². The van der Waals surface area contributed by atoms with E-state index < -0.39 is 5.60 Å². The molecule has 0 atom stereocenters. The Morgan fingerprint density at radius 2 is 2.11 bits per heavy atom. The summed E-state index contributed by atoms with van der Waals surface area (Å²) in [6, 6.07) is 7.27. The normalized spacial score (nSPS) is 18.0. The number of hydrogen-bond acceptors (Lipinski definition) is 4. The van der Waals surface area contributed by atoms with Gasteiger partial charge in [0, 0.05) is 38.7 Å². The molecule has 2 rings (SSSR count). The van der Waals surface area contributed by atoms with Crippen LogP contribution in [0.25, 0.3) is 0 Å². The second-order valence-electron chi connectivity index (χ2n) is 4.60. The fourth-order valence-electron chi connectivity index (χ4n) is 2.38. The first kappa shape index (κ1) is 14.0. The molecule has 4 heteroatoms. The Hall–Kier alpha value is -1.39. The molecule has 1 aromatic carbocycles. The van der Waals surface area contributed by atoms with Crippen LogP contribution in [0.2, 0.25) is 0 Å². The third kappa shape index (κ3) is 2.96. The van der Waals surface area contributed by atoms with Crippen molar-refractivity contribution >= 4 is 5.78 Å². The number of carbonyl (C=O) groups excluding carboxylic acids is 1. The molecule has 1 fully saturated rings. The van der Waals surface area contributed by atoms with E-state index in [9.17, 15) is 4.79 Å². The summed E-state index contributed by atoms with van der Waals surface area (Å²) in [6.07, 6.45) is 1.20. The molecule has 1 aliphatic rings. The molecule has 1 saturated heterocycles. The van der Waals surface area contributed by atoms with Crippen LogP contribution in [0.15, 0.2) is 24.3 Å². The Balaban J connectivity index is 2.24. The molecule has 0 amide bonds. The van der Waals surface area contributed by atoms with Gasteiger partial charge in [-0.25, -0.2) is 0 Å². The van der Waals surface area contributed by atoms with Crippen molar-refractivity contribution in [1.82, 2.24) is 0 Å². The maximum Gasteiger partial charge on any atom is 0.194 e. The highest BCUT2D eigenvalue weighted by Crippen LogP contribution is 2.29. The van der Waals surface area contributed by atoms with Crippen molar-refractivity contribution in [3.8, 4) is 5.75 Å². The lowest BCUT2D eigenvalue weighted by Gasteiger charge is -2.34. The van der Waals surface area contributed by atoms with Crippen molar-refractivity contribution in [2.75, 3.05) is 26.9 Å². The molecule has 1 aliphatic heterocycles. The minimum Gasteiger partial charge on any atom is -0.494 e. The Morgan fingerprint density at radius 3 is 2.74 bits per heavy atom. The van der Waals surface area contributed by atoms with Crippen molar-refractivity contribution in [2.24, 2.45) is 0 Å². The number of rotatable bonds is 5. The molecule has 0 aromatic heterocycles. The SMILES string of the molecule is CCOc1cccc(C(=O)C2(OC)CCOCC2)c1. The van der Waals surface area contributed by atoms with E-state index in [0.717, 1.165) is 0 Å². The van der Waals surface area contributed by atoms with Crippen molar-refractivity contribution in [1.29, 1.82) is 0 Å². The van der Waals surface area contributed by atoms with E-state index in [2.05, 4.69) is 0 Å². The molecule has 4 nitrogen and oxygen atoms in total. The van der Waals surface area contributed by atoms with Gasteiger partial charge < -0.3 is 14.2 Å². The summed E-state index contributed by atoms with van der Waals surface area (Å²) in [5.74, 6) is 0.728. The summed E-state index contributed by atoms with van der Waals surface area (Å²) >= 11 is 0. The summed E-state index contributed by atoms with van der Waals surface area (Å²) in [5.41, 5.74) is -0.113. The lowest BCUT2D eigenvalue weighted by atomic mass is 9.85. The first-order chi connectivity index (χ1) is 9.22. The fraction of sp³-hybridized carbons (Fsp3) is 0.533. The monoisotopic (exact) mass is 264 g/mol. The first-order valence-corrected chi connectivity index (χ1v) is 6.62. The van der Waals surface area contributed by atoms with Crippen LogP contribution < -0.4 is 4.74 Å². The van der Waals surface area contributed by atoms with E-state index >= 15 is 0 Å². The number of carbonyl (C=O) groups is 1. The predicted molar refractivity (Wildman–Crippen MR) is 71.7 cm³/mol. The predicted octanol–water partition coefficient (Wildman–Crippen LogP) is 2.46. The van der Waals surface area contributed by atoms with E-state index in [1.165, 1.54) is 0 Å². The number of benzene rings is 1. The molecule has 0 saturated carbocycles. The first-order valence-electron chi connectivity index (χ1n) is 6.62. The molecule has 0 radical (unpaired) electrons. The molecule has 0 aliphatic carbocycles. The minimum atomic E-state index is -0.747. The quantitative estimate of drug-likeness (QED) is 0.766. The van der Waals surface area contributed by atoms with Gasteiger partial charge in [0.25, 0.3) is 0 Å². The van der Waals surface area contributed by atoms with Crippen LogP contribution in [-0.4, -0.2) is 38.3 Å². The van der Waals surface area contributed by atoms with E-state index in [4.69, 9.17) is 14.2 Å². The summed E-state index contributed by atoms with van der Waals surface area (Å²) in [4.78, 5) is 12.7. The minimum absolute atomic E-state index is 0.0138. The molecular weight excluding hydrogens is 244 g/mol. The summed E-state index contributed by atoms with van der Waals surface area (Å²) in [5, 5.41) is 0. The standard InChI is InChI=1S/C15H20O4/c1-3-19-13-6-4-5-12(11-13)14(16)15(17-2)7-9-18-10-8-15/h4-6,11H,3,7-10H2,1-2H3. The molecule has 19 heavy (non-hydrogen) atoms. The molecule has 0 N–H and O–H groups in total. The molecule has 0 spiro atoms. The van der Waals surface area contributed by atoms with Crippen molar-refractivity contribution in [3.63, 3.8) is 0 Å². The van der Waals surface area contributed by atoms with Crippen LogP contribution in [0, 0.1) is 0 Å². The number of Topliss-reactive ketones (excluding diaryl/α,β-unsaturated/α-hetero) is 1. The van der Waals surface area contributed by atoms with E-state index in [0.29, 0.717) is 44.0 Å². The zero-order valence-corrected chi connectivity index (χ0v) is 11.5. The lowest BCUT2D eigenvalue weighted by molar-refractivity contribution is -0.0663. The van der Waals surface area contributed by atoms with Gasteiger partial charge in [0.2, 0.25) is 0 Å². The van der Waals surface area contributed by atoms with E-state index in [1.807, 2.05) is 19.1 Å². The van der Waals surface area contributed by atoms with E-state index in [1.54, 1.807) is 19.2 Å². The Labute approximate surface area is 113 Å². The highest BCUT2D eigenvalue weighted by atomic mass is 16.5. The second-order valence-corrected chi connectivity index (χ2v) is 4.60.